The average molecular weight is 345 g/mol. The van der Waals surface area contributed by atoms with Crippen molar-refractivity contribution in [1.82, 2.24) is 19.9 Å². The van der Waals surface area contributed by atoms with Gasteiger partial charge in [-0.3, -0.25) is 4.98 Å². The van der Waals surface area contributed by atoms with Gasteiger partial charge in [-0.1, -0.05) is 13.8 Å². The maximum atomic E-state index is 4.92. The van der Waals surface area contributed by atoms with Crippen LogP contribution >= 0.6 is 11.3 Å². The maximum Gasteiger partial charge on any atom is 0.100 e. The molecule has 0 aromatic carbocycles. The molecule has 1 aliphatic rings. The molecule has 24 heavy (non-hydrogen) atoms. The highest BCUT2D eigenvalue weighted by molar-refractivity contribution is 7.15. The van der Waals surface area contributed by atoms with Crippen LogP contribution in [-0.4, -0.2) is 39.0 Å². The maximum absolute atomic E-state index is 4.92. The van der Waals surface area contributed by atoms with Crippen molar-refractivity contribution in [2.45, 2.75) is 58.9 Å². The summed E-state index contributed by atoms with van der Waals surface area (Å²) in [5.74, 6) is 1.17. The number of likely N-dealkylation sites (tertiary alicyclic amines) is 1. The van der Waals surface area contributed by atoms with Crippen molar-refractivity contribution in [3.05, 3.63) is 29.3 Å². The van der Waals surface area contributed by atoms with Gasteiger partial charge in [0, 0.05) is 30.8 Å². The zero-order valence-corrected chi connectivity index (χ0v) is 16.0. The third-order valence-electron chi connectivity index (χ3n) is 4.72. The van der Waals surface area contributed by atoms with Crippen LogP contribution in [0.1, 0.15) is 57.2 Å². The van der Waals surface area contributed by atoms with Crippen LogP contribution in [0, 0.1) is 5.92 Å². The highest BCUT2D eigenvalue weighted by atomic mass is 32.1. The lowest BCUT2D eigenvalue weighted by molar-refractivity contribution is 0.170. The largest absolute Gasteiger partial charge is 0.301 e. The van der Waals surface area contributed by atoms with Gasteiger partial charge in [0.25, 0.3) is 0 Å². The normalized spacial score (nSPS) is 17.1. The number of piperidine rings is 1. The van der Waals surface area contributed by atoms with Crippen LogP contribution < -0.4 is 0 Å². The lowest BCUT2D eigenvalue weighted by Gasteiger charge is -2.34. The van der Waals surface area contributed by atoms with E-state index in [2.05, 4.69) is 42.6 Å². The zero-order valence-electron chi connectivity index (χ0n) is 15.2. The van der Waals surface area contributed by atoms with E-state index in [9.17, 15) is 0 Å². The first kappa shape index (κ1) is 17.5. The van der Waals surface area contributed by atoms with E-state index in [-0.39, 0.29) is 0 Å². The Hall–Kier alpha value is -1.33. The second-order valence-corrected chi connectivity index (χ2v) is 8.56. The van der Waals surface area contributed by atoms with Crippen molar-refractivity contribution in [3.8, 4) is 10.6 Å². The SMILES string of the molecule is CC(C)Cc1ncc(-c2cncc(C3CCN(C(C)C)CC3)n2)s1. The Morgan fingerprint density at radius 2 is 1.88 bits per heavy atom. The molecule has 0 radical (unpaired) electrons. The quantitative estimate of drug-likeness (QED) is 0.807. The number of aromatic nitrogens is 3. The second kappa shape index (κ2) is 7.70. The van der Waals surface area contributed by atoms with Gasteiger partial charge >= 0.3 is 0 Å². The van der Waals surface area contributed by atoms with Crippen molar-refractivity contribution >= 4 is 11.3 Å². The molecule has 1 fully saturated rings. The second-order valence-electron chi connectivity index (χ2n) is 7.45. The number of thiazole rings is 1. The van der Waals surface area contributed by atoms with Gasteiger partial charge in [0.2, 0.25) is 0 Å². The first-order valence-electron chi connectivity index (χ1n) is 9.04. The lowest BCUT2D eigenvalue weighted by Crippen LogP contribution is -2.38. The van der Waals surface area contributed by atoms with Crippen LogP contribution in [0.4, 0.5) is 0 Å². The van der Waals surface area contributed by atoms with Crippen LogP contribution in [0.15, 0.2) is 18.6 Å². The highest BCUT2D eigenvalue weighted by Gasteiger charge is 2.23. The molecule has 0 atom stereocenters. The molecular formula is C19H28N4S. The molecule has 5 heteroatoms. The summed E-state index contributed by atoms with van der Waals surface area (Å²) in [6.45, 7) is 11.3. The molecule has 1 aliphatic heterocycles. The van der Waals surface area contributed by atoms with E-state index in [0.29, 0.717) is 17.9 Å². The van der Waals surface area contributed by atoms with Gasteiger partial charge in [-0.05, 0) is 45.7 Å². The first-order valence-corrected chi connectivity index (χ1v) is 9.85. The summed E-state index contributed by atoms with van der Waals surface area (Å²) in [6, 6.07) is 0.639. The molecule has 0 N–H and O–H groups in total. The molecule has 2 aromatic heterocycles. The molecule has 3 heterocycles. The molecule has 0 amide bonds. The fraction of sp³-hybridized carbons (Fsp3) is 0.632. The predicted octanol–water partition coefficient (Wildman–Crippen LogP) is 4.39. The fourth-order valence-electron chi connectivity index (χ4n) is 3.28. The number of nitrogens with zero attached hydrogens (tertiary/aromatic N) is 4. The van der Waals surface area contributed by atoms with Crippen molar-refractivity contribution in [3.63, 3.8) is 0 Å². The number of hydrogen-bond acceptors (Lipinski definition) is 5. The first-order chi connectivity index (χ1) is 11.5. The van der Waals surface area contributed by atoms with E-state index in [4.69, 9.17) is 4.98 Å². The van der Waals surface area contributed by atoms with E-state index >= 15 is 0 Å². The van der Waals surface area contributed by atoms with Gasteiger partial charge in [0.1, 0.15) is 5.69 Å². The van der Waals surface area contributed by atoms with Crippen molar-refractivity contribution in [2.24, 2.45) is 5.92 Å². The van der Waals surface area contributed by atoms with E-state index in [1.807, 2.05) is 18.6 Å². The van der Waals surface area contributed by atoms with Crippen LogP contribution in [0.3, 0.4) is 0 Å². The van der Waals surface area contributed by atoms with Crippen molar-refractivity contribution in [1.29, 1.82) is 0 Å². The van der Waals surface area contributed by atoms with E-state index in [1.54, 1.807) is 11.3 Å². The molecule has 0 saturated carbocycles. The smallest absolute Gasteiger partial charge is 0.100 e. The Morgan fingerprint density at radius 1 is 1.12 bits per heavy atom. The van der Waals surface area contributed by atoms with Gasteiger partial charge in [0.15, 0.2) is 0 Å². The molecule has 3 rings (SSSR count). The zero-order chi connectivity index (χ0) is 17.1. The van der Waals surface area contributed by atoms with Crippen LogP contribution in [0.25, 0.3) is 10.6 Å². The van der Waals surface area contributed by atoms with Crippen molar-refractivity contribution < 1.29 is 0 Å². The Morgan fingerprint density at radius 3 is 2.54 bits per heavy atom. The molecule has 130 valence electrons. The van der Waals surface area contributed by atoms with E-state index in [0.717, 1.165) is 35.8 Å². The van der Waals surface area contributed by atoms with Crippen molar-refractivity contribution in [2.75, 3.05) is 13.1 Å². The minimum atomic E-state index is 0.538. The molecule has 0 bridgehead atoms. The van der Waals surface area contributed by atoms with Gasteiger partial charge in [-0.15, -0.1) is 11.3 Å². The number of hydrogen-bond donors (Lipinski definition) is 0. The van der Waals surface area contributed by atoms with Crippen LogP contribution in [-0.2, 0) is 6.42 Å². The summed E-state index contributed by atoms with van der Waals surface area (Å²) in [5, 5.41) is 1.19. The molecule has 0 spiro atoms. The minimum absolute atomic E-state index is 0.538. The summed E-state index contributed by atoms with van der Waals surface area (Å²) in [4.78, 5) is 17.6. The summed E-state index contributed by atoms with van der Waals surface area (Å²) in [5.41, 5.74) is 2.13. The van der Waals surface area contributed by atoms with Gasteiger partial charge in [-0.2, -0.15) is 0 Å². The summed E-state index contributed by atoms with van der Waals surface area (Å²) >= 11 is 1.75. The Labute approximate surface area is 149 Å². The van der Waals surface area contributed by atoms with E-state index < -0.39 is 0 Å². The Bertz CT molecular complexity index is 657. The van der Waals surface area contributed by atoms with Crippen LogP contribution in [0.5, 0.6) is 0 Å². The standard InChI is InChI=1S/C19H28N4S/c1-13(2)9-19-21-12-18(24-19)17-11-20-10-16(22-17)15-5-7-23(8-6-15)14(3)4/h10-15H,5-9H2,1-4H3. The third kappa shape index (κ3) is 4.19. The molecule has 0 unspecified atom stereocenters. The topological polar surface area (TPSA) is 41.9 Å². The summed E-state index contributed by atoms with van der Waals surface area (Å²) < 4.78 is 0. The third-order valence-corrected chi connectivity index (χ3v) is 5.76. The average Bonchev–Trinajstić information content (AvgIpc) is 3.03. The van der Waals surface area contributed by atoms with Gasteiger partial charge < -0.3 is 4.90 Å². The highest BCUT2D eigenvalue weighted by Crippen LogP contribution is 2.30. The van der Waals surface area contributed by atoms with E-state index in [1.165, 1.54) is 17.8 Å². The van der Waals surface area contributed by atoms with Crippen LogP contribution in [0.2, 0.25) is 0 Å². The minimum Gasteiger partial charge on any atom is -0.301 e. The molecule has 1 saturated heterocycles. The Balaban J connectivity index is 1.72. The Kier molecular flexibility index (Phi) is 5.61. The molecular weight excluding hydrogens is 316 g/mol. The van der Waals surface area contributed by atoms with Gasteiger partial charge in [0.05, 0.1) is 21.8 Å². The number of rotatable bonds is 5. The predicted molar refractivity (Wildman–Crippen MR) is 100 cm³/mol. The molecule has 4 nitrogen and oxygen atoms in total. The molecule has 2 aromatic rings. The fourth-order valence-corrected chi connectivity index (χ4v) is 4.36. The monoisotopic (exact) mass is 344 g/mol. The summed E-state index contributed by atoms with van der Waals surface area (Å²) in [7, 11) is 0. The summed E-state index contributed by atoms with van der Waals surface area (Å²) in [6.07, 6.45) is 9.17. The van der Waals surface area contributed by atoms with Gasteiger partial charge in [-0.25, -0.2) is 9.97 Å². The lowest BCUT2D eigenvalue weighted by atomic mass is 9.93. The molecule has 0 aliphatic carbocycles.